The van der Waals surface area contributed by atoms with E-state index >= 15 is 0 Å². The van der Waals surface area contributed by atoms with Crippen molar-refractivity contribution < 1.29 is 18.3 Å². The summed E-state index contributed by atoms with van der Waals surface area (Å²) in [5.74, 6) is -0.458. The zero-order valence-corrected chi connectivity index (χ0v) is 15.6. The van der Waals surface area contributed by atoms with Crippen molar-refractivity contribution in [1.82, 2.24) is 3.97 Å². The molecule has 28 heavy (non-hydrogen) atoms. The standard InChI is InChI=1S/C22H17NO4S/c24-15-17-9-4-6-12-19(17)22(25)21-14-16-8-5-7-13-20(16)23(21)28(26,27)18-10-2-1-3-11-18/h1-14,24H,15H2. The Morgan fingerprint density at radius 1 is 0.857 bits per heavy atom. The molecular weight excluding hydrogens is 374 g/mol. The summed E-state index contributed by atoms with van der Waals surface area (Å²) in [5, 5.41) is 10.2. The molecule has 0 aliphatic carbocycles. The van der Waals surface area contributed by atoms with E-state index in [4.69, 9.17) is 0 Å². The molecule has 0 spiro atoms. The van der Waals surface area contributed by atoms with Gasteiger partial charge in [-0.25, -0.2) is 12.4 Å². The monoisotopic (exact) mass is 391 g/mol. The van der Waals surface area contributed by atoms with Gasteiger partial charge in [0.1, 0.15) is 5.69 Å². The van der Waals surface area contributed by atoms with Gasteiger partial charge < -0.3 is 5.11 Å². The minimum atomic E-state index is -3.99. The fourth-order valence-corrected chi connectivity index (χ4v) is 4.79. The van der Waals surface area contributed by atoms with Gasteiger partial charge in [0, 0.05) is 10.9 Å². The summed E-state index contributed by atoms with van der Waals surface area (Å²) in [6.07, 6.45) is 0. The summed E-state index contributed by atoms with van der Waals surface area (Å²) < 4.78 is 27.9. The topological polar surface area (TPSA) is 76.4 Å². The molecule has 0 bridgehead atoms. The van der Waals surface area contributed by atoms with E-state index in [2.05, 4.69) is 0 Å². The van der Waals surface area contributed by atoms with Gasteiger partial charge in [-0.2, -0.15) is 0 Å². The molecule has 0 saturated carbocycles. The number of benzene rings is 3. The van der Waals surface area contributed by atoms with Crippen molar-refractivity contribution in [3.63, 3.8) is 0 Å². The lowest BCUT2D eigenvalue weighted by Gasteiger charge is -2.12. The predicted octanol–water partition coefficient (Wildman–Crippen LogP) is 3.60. The SMILES string of the molecule is O=C(c1ccccc1CO)c1cc2ccccc2n1S(=O)(=O)c1ccccc1. The Kier molecular flexibility index (Phi) is 4.58. The molecule has 0 aliphatic rings. The van der Waals surface area contributed by atoms with Crippen LogP contribution in [0.15, 0.2) is 89.8 Å². The molecule has 0 saturated heterocycles. The highest BCUT2D eigenvalue weighted by molar-refractivity contribution is 7.90. The summed E-state index contributed by atoms with van der Waals surface area (Å²) in [6, 6.07) is 23.2. The van der Waals surface area contributed by atoms with Crippen LogP contribution in [-0.2, 0) is 16.6 Å². The van der Waals surface area contributed by atoms with Crippen LogP contribution >= 0.6 is 0 Å². The van der Waals surface area contributed by atoms with Gasteiger partial charge in [-0.1, -0.05) is 60.7 Å². The minimum absolute atomic E-state index is 0.0333. The first-order valence-electron chi connectivity index (χ1n) is 8.68. The van der Waals surface area contributed by atoms with Crippen molar-refractivity contribution in [2.45, 2.75) is 11.5 Å². The maximum absolute atomic E-state index is 13.4. The highest BCUT2D eigenvalue weighted by Crippen LogP contribution is 2.28. The second kappa shape index (κ2) is 7.07. The molecule has 0 aliphatic heterocycles. The summed E-state index contributed by atoms with van der Waals surface area (Å²) >= 11 is 0. The van der Waals surface area contributed by atoms with Crippen LogP contribution in [0.3, 0.4) is 0 Å². The highest BCUT2D eigenvalue weighted by Gasteiger charge is 2.27. The van der Waals surface area contributed by atoms with Crippen molar-refractivity contribution >= 4 is 26.7 Å². The average Bonchev–Trinajstić information content (AvgIpc) is 3.14. The third kappa shape index (κ3) is 2.93. The first-order valence-corrected chi connectivity index (χ1v) is 10.1. The summed E-state index contributed by atoms with van der Waals surface area (Å²) in [7, 11) is -3.99. The first-order chi connectivity index (χ1) is 13.5. The van der Waals surface area contributed by atoms with E-state index in [0.29, 0.717) is 16.5 Å². The number of aliphatic hydroxyl groups excluding tert-OH is 1. The summed E-state index contributed by atoms with van der Waals surface area (Å²) in [4.78, 5) is 13.4. The van der Waals surface area contributed by atoms with Gasteiger partial charge >= 0.3 is 0 Å². The molecule has 140 valence electrons. The van der Waals surface area contributed by atoms with Crippen LogP contribution in [0.2, 0.25) is 0 Å². The van der Waals surface area contributed by atoms with E-state index in [1.54, 1.807) is 72.8 Å². The Hall–Kier alpha value is -3.22. The zero-order valence-electron chi connectivity index (χ0n) is 14.8. The van der Waals surface area contributed by atoms with E-state index in [-0.39, 0.29) is 22.8 Å². The Bertz CT molecular complexity index is 1270. The fraction of sp³-hybridized carbons (Fsp3) is 0.0455. The van der Waals surface area contributed by atoms with Gasteiger partial charge in [0.2, 0.25) is 5.78 Å². The van der Waals surface area contributed by atoms with E-state index in [1.807, 2.05) is 0 Å². The third-order valence-corrected chi connectivity index (χ3v) is 6.35. The summed E-state index contributed by atoms with van der Waals surface area (Å²) in [6.45, 7) is -0.312. The Balaban J connectivity index is 2.01. The second-order valence-corrected chi connectivity index (χ2v) is 8.10. The molecule has 0 amide bonds. The van der Waals surface area contributed by atoms with Crippen LogP contribution in [0, 0.1) is 0 Å². The van der Waals surface area contributed by atoms with Gasteiger partial charge in [0.15, 0.2) is 0 Å². The minimum Gasteiger partial charge on any atom is -0.392 e. The van der Waals surface area contributed by atoms with Crippen LogP contribution in [0.1, 0.15) is 21.6 Å². The third-order valence-electron chi connectivity index (χ3n) is 4.61. The van der Waals surface area contributed by atoms with Crippen molar-refractivity contribution in [1.29, 1.82) is 0 Å². The van der Waals surface area contributed by atoms with Crippen LogP contribution in [-0.4, -0.2) is 23.3 Å². The number of hydrogen-bond donors (Lipinski definition) is 1. The van der Waals surface area contributed by atoms with E-state index in [1.165, 1.54) is 12.1 Å². The smallest absolute Gasteiger partial charge is 0.268 e. The molecule has 0 fully saturated rings. The number of para-hydroxylation sites is 1. The number of rotatable bonds is 5. The van der Waals surface area contributed by atoms with Crippen molar-refractivity contribution in [3.8, 4) is 0 Å². The predicted molar refractivity (Wildman–Crippen MR) is 107 cm³/mol. The molecule has 1 heterocycles. The first kappa shape index (κ1) is 18.2. The molecule has 0 radical (unpaired) electrons. The lowest BCUT2D eigenvalue weighted by molar-refractivity contribution is 0.103. The normalized spacial score (nSPS) is 11.6. The van der Waals surface area contributed by atoms with Crippen LogP contribution in [0.25, 0.3) is 10.9 Å². The Morgan fingerprint density at radius 2 is 1.50 bits per heavy atom. The fourth-order valence-electron chi connectivity index (χ4n) is 3.26. The van der Waals surface area contributed by atoms with Crippen LogP contribution < -0.4 is 0 Å². The van der Waals surface area contributed by atoms with Gasteiger partial charge in [0.25, 0.3) is 10.0 Å². The summed E-state index contributed by atoms with van der Waals surface area (Å²) in [5.41, 5.74) is 1.18. The number of carbonyl (C=O) groups excluding carboxylic acids is 1. The van der Waals surface area contributed by atoms with Gasteiger partial charge in [0.05, 0.1) is 17.0 Å². The van der Waals surface area contributed by atoms with Gasteiger partial charge in [-0.05, 0) is 29.8 Å². The molecule has 0 atom stereocenters. The maximum Gasteiger partial charge on any atom is 0.268 e. The highest BCUT2D eigenvalue weighted by atomic mass is 32.2. The number of ketones is 1. The quantitative estimate of drug-likeness (QED) is 0.528. The molecule has 5 nitrogen and oxygen atoms in total. The molecule has 4 aromatic rings. The van der Waals surface area contributed by atoms with Crippen LogP contribution in [0.5, 0.6) is 0 Å². The number of fused-ring (bicyclic) bond motifs is 1. The Labute approximate surface area is 162 Å². The average molecular weight is 391 g/mol. The number of nitrogens with zero attached hydrogens (tertiary/aromatic N) is 1. The number of hydrogen-bond acceptors (Lipinski definition) is 4. The number of aromatic nitrogens is 1. The second-order valence-electron chi connectivity index (χ2n) is 6.32. The molecule has 6 heteroatoms. The van der Waals surface area contributed by atoms with Crippen molar-refractivity contribution in [2.75, 3.05) is 0 Å². The molecule has 1 aromatic heterocycles. The molecular formula is C22H17NO4S. The largest absolute Gasteiger partial charge is 0.392 e. The van der Waals surface area contributed by atoms with Gasteiger partial charge in [-0.3, -0.25) is 4.79 Å². The zero-order chi connectivity index (χ0) is 19.7. The van der Waals surface area contributed by atoms with E-state index < -0.39 is 15.8 Å². The number of aliphatic hydroxyl groups is 1. The number of carbonyl (C=O) groups is 1. The van der Waals surface area contributed by atoms with Crippen LogP contribution in [0.4, 0.5) is 0 Å². The molecule has 0 unspecified atom stereocenters. The molecule has 1 N–H and O–H groups in total. The lowest BCUT2D eigenvalue weighted by atomic mass is 10.0. The lowest BCUT2D eigenvalue weighted by Crippen LogP contribution is -2.19. The van der Waals surface area contributed by atoms with Crippen molar-refractivity contribution in [2.24, 2.45) is 0 Å². The Morgan fingerprint density at radius 3 is 2.25 bits per heavy atom. The molecule has 3 aromatic carbocycles. The van der Waals surface area contributed by atoms with E-state index in [9.17, 15) is 18.3 Å². The van der Waals surface area contributed by atoms with Gasteiger partial charge in [-0.15, -0.1) is 0 Å². The molecule has 4 rings (SSSR count). The van der Waals surface area contributed by atoms with E-state index in [0.717, 1.165) is 3.97 Å². The van der Waals surface area contributed by atoms with Crippen molar-refractivity contribution in [3.05, 3.63) is 102 Å². The maximum atomic E-state index is 13.4.